The number of piperidine rings is 1. The van der Waals surface area contributed by atoms with E-state index in [9.17, 15) is 13.2 Å². The van der Waals surface area contributed by atoms with Crippen LogP contribution in [-0.2, 0) is 14.8 Å². The Labute approximate surface area is 158 Å². The minimum Gasteiger partial charge on any atom is -0.462 e. The molecule has 0 bridgehead atoms. The fraction of sp³-hybridized carbons (Fsp3) is 0.500. The highest BCUT2D eigenvalue weighted by Crippen LogP contribution is 2.36. The maximum atomic E-state index is 13.1. The molecule has 2 atom stereocenters. The van der Waals surface area contributed by atoms with Crippen LogP contribution in [0, 0.1) is 11.8 Å². The molecule has 1 fully saturated rings. The van der Waals surface area contributed by atoms with Crippen molar-refractivity contribution in [2.24, 2.45) is 11.8 Å². The molecule has 3 rings (SSSR count). The van der Waals surface area contributed by atoms with E-state index in [1.807, 2.05) is 0 Å². The van der Waals surface area contributed by atoms with Gasteiger partial charge in [0.25, 0.3) is 0 Å². The highest BCUT2D eigenvalue weighted by molar-refractivity contribution is 7.89. The van der Waals surface area contributed by atoms with Gasteiger partial charge in [-0.15, -0.1) is 11.3 Å². The molecule has 2 aromatic rings. The van der Waals surface area contributed by atoms with Gasteiger partial charge in [0, 0.05) is 23.2 Å². The first-order valence-corrected chi connectivity index (χ1v) is 11.0. The molecule has 0 unspecified atom stereocenters. The van der Waals surface area contributed by atoms with Gasteiger partial charge in [-0.1, -0.05) is 13.8 Å². The van der Waals surface area contributed by atoms with Crippen LogP contribution in [0.25, 0.3) is 10.1 Å². The third kappa shape index (κ3) is 3.45. The van der Waals surface area contributed by atoms with E-state index in [0.29, 0.717) is 35.2 Å². The van der Waals surface area contributed by atoms with Crippen LogP contribution in [0.15, 0.2) is 23.1 Å². The summed E-state index contributed by atoms with van der Waals surface area (Å²) in [6.07, 6.45) is 1.03. The molecule has 1 aromatic carbocycles. The van der Waals surface area contributed by atoms with Gasteiger partial charge in [0.05, 0.1) is 17.2 Å². The summed E-state index contributed by atoms with van der Waals surface area (Å²) < 4.78 is 33.5. The van der Waals surface area contributed by atoms with E-state index in [-0.39, 0.29) is 17.2 Å². The van der Waals surface area contributed by atoms with Crippen LogP contribution in [-0.4, -0.2) is 38.4 Å². The summed E-state index contributed by atoms with van der Waals surface area (Å²) in [6, 6.07) is 4.87. The van der Waals surface area contributed by atoms with Gasteiger partial charge in [0.1, 0.15) is 4.88 Å². The zero-order valence-electron chi connectivity index (χ0n) is 15.2. The van der Waals surface area contributed by atoms with Gasteiger partial charge >= 0.3 is 5.97 Å². The second-order valence-electron chi connectivity index (χ2n) is 6.99. The average Bonchev–Trinajstić information content (AvgIpc) is 2.91. The largest absolute Gasteiger partial charge is 0.462 e. The zero-order valence-corrected chi connectivity index (χ0v) is 16.8. The number of fused-ring (bicyclic) bond motifs is 1. The molecule has 2 N–H and O–H groups in total. The molecule has 8 heteroatoms. The van der Waals surface area contributed by atoms with Crippen molar-refractivity contribution >= 4 is 43.1 Å². The van der Waals surface area contributed by atoms with Crippen molar-refractivity contribution in [2.45, 2.75) is 32.1 Å². The molecular weight excluding hydrogens is 372 g/mol. The van der Waals surface area contributed by atoms with Crippen molar-refractivity contribution in [3.63, 3.8) is 0 Å². The first kappa shape index (κ1) is 19.1. The predicted octanol–water partition coefficient (Wildman–Crippen LogP) is 3.33. The summed E-state index contributed by atoms with van der Waals surface area (Å²) in [5.74, 6) is 0.187. The van der Waals surface area contributed by atoms with Crippen LogP contribution < -0.4 is 5.73 Å². The summed E-state index contributed by atoms with van der Waals surface area (Å²) in [6.45, 7) is 7.19. The first-order chi connectivity index (χ1) is 12.2. The van der Waals surface area contributed by atoms with Crippen LogP contribution >= 0.6 is 11.3 Å². The van der Waals surface area contributed by atoms with Crippen molar-refractivity contribution in [3.05, 3.63) is 23.1 Å². The van der Waals surface area contributed by atoms with E-state index in [1.165, 1.54) is 11.3 Å². The number of rotatable bonds is 4. The molecule has 26 heavy (non-hydrogen) atoms. The third-order valence-corrected chi connectivity index (χ3v) is 7.63. The lowest BCUT2D eigenvalue weighted by atomic mass is 9.94. The van der Waals surface area contributed by atoms with Crippen LogP contribution in [0.4, 0.5) is 5.69 Å². The topological polar surface area (TPSA) is 89.7 Å². The van der Waals surface area contributed by atoms with E-state index >= 15 is 0 Å². The number of hydrogen-bond acceptors (Lipinski definition) is 6. The lowest BCUT2D eigenvalue weighted by Crippen LogP contribution is -2.42. The van der Waals surface area contributed by atoms with Gasteiger partial charge in [0.2, 0.25) is 10.0 Å². The Morgan fingerprint density at radius 2 is 1.96 bits per heavy atom. The average molecular weight is 397 g/mol. The Morgan fingerprint density at radius 1 is 1.31 bits per heavy atom. The number of esters is 1. The van der Waals surface area contributed by atoms with Crippen molar-refractivity contribution in [3.8, 4) is 0 Å². The van der Waals surface area contributed by atoms with E-state index in [2.05, 4.69) is 13.8 Å². The Kier molecular flexibility index (Phi) is 5.28. The summed E-state index contributed by atoms with van der Waals surface area (Å²) in [7, 11) is -3.59. The van der Waals surface area contributed by atoms with E-state index in [0.717, 1.165) is 11.1 Å². The molecule has 0 spiro atoms. The molecular formula is C18H24N2O4S2. The van der Waals surface area contributed by atoms with Gasteiger partial charge in [0.15, 0.2) is 0 Å². The molecule has 2 heterocycles. The monoisotopic (exact) mass is 396 g/mol. The molecule has 1 aliphatic rings. The Balaban J connectivity index is 2.00. The molecule has 1 saturated heterocycles. The predicted molar refractivity (Wildman–Crippen MR) is 104 cm³/mol. The van der Waals surface area contributed by atoms with Crippen LogP contribution in [0.5, 0.6) is 0 Å². The number of carbonyl (C=O) groups is 1. The second kappa shape index (κ2) is 7.17. The Hall–Kier alpha value is -1.64. The van der Waals surface area contributed by atoms with Crippen LogP contribution in [0.1, 0.15) is 36.9 Å². The molecule has 1 aromatic heterocycles. The second-order valence-corrected chi connectivity index (χ2v) is 9.98. The number of nitrogens with zero attached hydrogens (tertiary/aromatic N) is 1. The highest BCUT2D eigenvalue weighted by atomic mass is 32.2. The summed E-state index contributed by atoms with van der Waals surface area (Å²) in [5, 5.41) is 0.581. The van der Waals surface area contributed by atoms with Crippen molar-refractivity contribution in [2.75, 3.05) is 25.4 Å². The molecule has 142 valence electrons. The number of ether oxygens (including phenoxy) is 1. The number of nitrogen functional groups attached to an aromatic ring is 1. The van der Waals surface area contributed by atoms with Crippen LogP contribution in [0.3, 0.4) is 0 Å². The number of hydrogen-bond donors (Lipinski definition) is 1. The van der Waals surface area contributed by atoms with Gasteiger partial charge < -0.3 is 10.5 Å². The molecule has 0 radical (unpaired) electrons. The Morgan fingerprint density at radius 3 is 2.58 bits per heavy atom. The standard InChI is InChI=1S/C18H24N2O4S2/c1-4-24-18(21)17-16(19)14-8-13(5-6-15(14)25-17)26(22,23)20-9-11(2)7-12(3)10-20/h5-6,8,11-12H,4,7,9-10,19H2,1-3H3/t11-,12-/m0/s1. The maximum Gasteiger partial charge on any atom is 0.350 e. The number of carbonyl (C=O) groups excluding carboxylic acids is 1. The molecule has 0 amide bonds. The fourth-order valence-electron chi connectivity index (χ4n) is 3.56. The lowest BCUT2D eigenvalue weighted by molar-refractivity contribution is 0.0533. The van der Waals surface area contributed by atoms with Crippen molar-refractivity contribution in [1.82, 2.24) is 4.31 Å². The number of sulfonamides is 1. The number of nitrogens with two attached hydrogens (primary N) is 1. The van der Waals surface area contributed by atoms with E-state index in [4.69, 9.17) is 10.5 Å². The van der Waals surface area contributed by atoms with Gasteiger partial charge in [-0.05, 0) is 43.4 Å². The highest BCUT2D eigenvalue weighted by Gasteiger charge is 2.32. The lowest BCUT2D eigenvalue weighted by Gasteiger charge is -2.34. The maximum absolute atomic E-state index is 13.1. The smallest absolute Gasteiger partial charge is 0.350 e. The molecule has 0 aliphatic carbocycles. The van der Waals surface area contributed by atoms with Crippen molar-refractivity contribution < 1.29 is 17.9 Å². The molecule has 1 aliphatic heterocycles. The third-order valence-electron chi connectivity index (χ3n) is 4.63. The minimum atomic E-state index is -3.59. The Bertz CT molecular complexity index is 926. The molecule has 6 nitrogen and oxygen atoms in total. The quantitative estimate of drug-likeness (QED) is 0.801. The first-order valence-electron chi connectivity index (χ1n) is 8.73. The molecule has 0 saturated carbocycles. The van der Waals surface area contributed by atoms with Gasteiger partial charge in [-0.25, -0.2) is 13.2 Å². The summed E-state index contributed by atoms with van der Waals surface area (Å²) in [5.41, 5.74) is 6.38. The summed E-state index contributed by atoms with van der Waals surface area (Å²) in [4.78, 5) is 12.5. The fourth-order valence-corrected chi connectivity index (χ4v) is 6.26. The normalized spacial score (nSPS) is 21.8. The van der Waals surface area contributed by atoms with Gasteiger partial charge in [-0.2, -0.15) is 4.31 Å². The van der Waals surface area contributed by atoms with Gasteiger partial charge in [-0.3, -0.25) is 0 Å². The SMILES string of the molecule is CCOC(=O)c1sc2ccc(S(=O)(=O)N3C[C@@H](C)C[C@H](C)C3)cc2c1N. The number of anilines is 1. The summed E-state index contributed by atoms with van der Waals surface area (Å²) >= 11 is 1.22. The van der Waals surface area contributed by atoms with E-state index < -0.39 is 16.0 Å². The number of benzene rings is 1. The van der Waals surface area contributed by atoms with E-state index in [1.54, 1.807) is 29.4 Å². The zero-order chi connectivity index (χ0) is 19.1. The van der Waals surface area contributed by atoms with Crippen LogP contribution in [0.2, 0.25) is 0 Å². The minimum absolute atomic E-state index is 0.214. The number of thiophene rings is 1. The van der Waals surface area contributed by atoms with Crippen molar-refractivity contribution in [1.29, 1.82) is 0 Å².